The number of hydrogen-bond donors (Lipinski definition) is 2. The molecule has 0 aromatic heterocycles. The Labute approximate surface area is 157 Å². The average Bonchev–Trinajstić information content (AvgIpc) is 3.33. The van der Waals surface area contributed by atoms with Gasteiger partial charge in [0.25, 0.3) is 0 Å². The van der Waals surface area contributed by atoms with Crippen molar-refractivity contribution in [2.45, 2.75) is 88.3 Å². The van der Waals surface area contributed by atoms with Crippen LogP contribution in [0.3, 0.4) is 0 Å². The standard InChI is InChI=1S/C21H33N3O2/c22-13-19-7-4-8-24(19)20(25)14-23-18-9-15-11-21(26,12-16(15)10-18)17-5-2-1-3-6-17/h15-19,23,26H,1-12,14H2/t15-,16+,18?,19-,21-/m0/s1. The molecule has 26 heavy (non-hydrogen) atoms. The highest BCUT2D eigenvalue weighted by Crippen LogP contribution is 2.53. The zero-order chi connectivity index (χ0) is 18.1. The van der Waals surface area contributed by atoms with Crippen molar-refractivity contribution in [1.29, 1.82) is 5.26 Å². The summed E-state index contributed by atoms with van der Waals surface area (Å²) in [5, 5.41) is 23.8. The Balaban J connectivity index is 1.25. The van der Waals surface area contributed by atoms with Gasteiger partial charge in [-0.25, -0.2) is 0 Å². The number of fused-ring (bicyclic) bond motifs is 1. The number of carbonyl (C=O) groups is 1. The van der Waals surface area contributed by atoms with Gasteiger partial charge in [-0.05, 0) is 69.1 Å². The number of hydrogen-bond acceptors (Lipinski definition) is 4. The fourth-order valence-electron chi connectivity index (χ4n) is 6.38. The van der Waals surface area contributed by atoms with E-state index in [1.807, 2.05) is 0 Å². The summed E-state index contributed by atoms with van der Waals surface area (Å²) in [6.07, 6.45) is 12.2. The van der Waals surface area contributed by atoms with E-state index < -0.39 is 5.60 Å². The van der Waals surface area contributed by atoms with Gasteiger partial charge in [0, 0.05) is 12.6 Å². The summed E-state index contributed by atoms with van der Waals surface area (Å²) in [4.78, 5) is 14.1. The van der Waals surface area contributed by atoms with Crippen molar-refractivity contribution >= 4 is 5.91 Å². The first-order valence-electron chi connectivity index (χ1n) is 10.7. The Hall–Kier alpha value is -1.12. The molecule has 0 radical (unpaired) electrons. The number of nitrogens with zero attached hydrogens (tertiary/aromatic N) is 2. The lowest BCUT2D eigenvalue weighted by atomic mass is 9.75. The highest BCUT2D eigenvalue weighted by Gasteiger charge is 2.51. The fraction of sp³-hybridized carbons (Fsp3) is 0.905. The van der Waals surface area contributed by atoms with Crippen LogP contribution < -0.4 is 5.32 Å². The van der Waals surface area contributed by atoms with E-state index in [0.717, 1.165) is 45.1 Å². The third-order valence-corrected chi connectivity index (χ3v) is 7.70. The number of likely N-dealkylation sites (tertiary alicyclic amines) is 1. The fourth-order valence-corrected chi connectivity index (χ4v) is 6.38. The maximum atomic E-state index is 12.4. The van der Waals surface area contributed by atoms with Crippen molar-refractivity contribution in [1.82, 2.24) is 10.2 Å². The molecule has 0 spiro atoms. The van der Waals surface area contributed by atoms with Gasteiger partial charge in [0.05, 0.1) is 18.2 Å². The molecule has 3 aliphatic carbocycles. The molecule has 3 saturated carbocycles. The largest absolute Gasteiger partial charge is 0.390 e. The third-order valence-electron chi connectivity index (χ3n) is 7.70. The molecule has 1 saturated heterocycles. The molecule has 5 nitrogen and oxygen atoms in total. The van der Waals surface area contributed by atoms with Crippen LogP contribution in [0.15, 0.2) is 0 Å². The van der Waals surface area contributed by atoms with E-state index in [2.05, 4.69) is 11.4 Å². The smallest absolute Gasteiger partial charge is 0.237 e. The zero-order valence-electron chi connectivity index (χ0n) is 15.8. The zero-order valence-corrected chi connectivity index (χ0v) is 15.8. The lowest BCUT2D eigenvalue weighted by molar-refractivity contribution is -0.130. The monoisotopic (exact) mass is 359 g/mol. The van der Waals surface area contributed by atoms with Crippen molar-refractivity contribution < 1.29 is 9.90 Å². The molecule has 0 bridgehead atoms. The first-order chi connectivity index (χ1) is 12.6. The lowest BCUT2D eigenvalue weighted by Gasteiger charge is -2.36. The Morgan fingerprint density at radius 3 is 2.46 bits per heavy atom. The topological polar surface area (TPSA) is 76.4 Å². The number of nitriles is 1. The second kappa shape index (κ2) is 7.48. The number of amides is 1. The van der Waals surface area contributed by atoms with Crippen LogP contribution in [0.25, 0.3) is 0 Å². The second-order valence-electron chi connectivity index (χ2n) is 9.29. The average molecular weight is 360 g/mol. The minimum absolute atomic E-state index is 0.0739. The predicted molar refractivity (Wildman–Crippen MR) is 99.1 cm³/mol. The molecular formula is C21H33N3O2. The molecule has 4 fully saturated rings. The van der Waals surface area contributed by atoms with Gasteiger partial charge in [-0.2, -0.15) is 5.26 Å². The summed E-state index contributed by atoms with van der Waals surface area (Å²) in [5.74, 6) is 1.83. The number of nitrogens with one attached hydrogen (secondary N) is 1. The van der Waals surface area contributed by atoms with E-state index >= 15 is 0 Å². The van der Waals surface area contributed by atoms with Crippen LogP contribution in [-0.4, -0.2) is 46.7 Å². The van der Waals surface area contributed by atoms with Crippen LogP contribution in [0.4, 0.5) is 0 Å². The van der Waals surface area contributed by atoms with Gasteiger partial charge in [-0.1, -0.05) is 19.3 Å². The van der Waals surface area contributed by atoms with Crippen molar-refractivity contribution in [2.24, 2.45) is 17.8 Å². The summed E-state index contributed by atoms with van der Waals surface area (Å²) < 4.78 is 0. The van der Waals surface area contributed by atoms with Gasteiger partial charge in [-0.15, -0.1) is 0 Å². The normalized spacial score (nSPS) is 40.5. The van der Waals surface area contributed by atoms with Crippen LogP contribution in [-0.2, 0) is 4.79 Å². The summed E-state index contributed by atoms with van der Waals surface area (Å²) in [7, 11) is 0. The quantitative estimate of drug-likeness (QED) is 0.809. The molecule has 144 valence electrons. The first-order valence-corrected chi connectivity index (χ1v) is 10.7. The van der Waals surface area contributed by atoms with Gasteiger partial charge < -0.3 is 15.3 Å². The van der Waals surface area contributed by atoms with E-state index in [9.17, 15) is 9.90 Å². The minimum Gasteiger partial charge on any atom is -0.390 e. The van der Waals surface area contributed by atoms with Crippen LogP contribution >= 0.6 is 0 Å². The van der Waals surface area contributed by atoms with E-state index in [-0.39, 0.29) is 11.9 Å². The number of carbonyl (C=O) groups excluding carboxylic acids is 1. The van der Waals surface area contributed by atoms with Gasteiger partial charge in [0.15, 0.2) is 0 Å². The third kappa shape index (κ3) is 3.51. The van der Waals surface area contributed by atoms with Crippen LogP contribution in [0, 0.1) is 29.1 Å². The van der Waals surface area contributed by atoms with Crippen molar-refractivity contribution in [3.05, 3.63) is 0 Å². The van der Waals surface area contributed by atoms with E-state index in [1.165, 1.54) is 32.1 Å². The predicted octanol–water partition coefficient (Wildman–Crippen LogP) is 2.59. The van der Waals surface area contributed by atoms with Crippen LogP contribution in [0.1, 0.15) is 70.6 Å². The molecule has 5 heteroatoms. The molecule has 1 unspecified atom stereocenters. The van der Waals surface area contributed by atoms with E-state index in [0.29, 0.717) is 30.3 Å². The second-order valence-corrected chi connectivity index (χ2v) is 9.29. The molecular weight excluding hydrogens is 326 g/mol. The Bertz CT molecular complexity index is 552. The van der Waals surface area contributed by atoms with Crippen molar-refractivity contribution in [2.75, 3.05) is 13.1 Å². The van der Waals surface area contributed by atoms with E-state index in [4.69, 9.17) is 5.26 Å². The molecule has 1 amide bonds. The van der Waals surface area contributed by atoms with Crippen molar-refractivity contribution in [3.63, 3.8) is 0 Å². The Morgan fingerprint density at radius 1 is 1.12 bits per heavy atom. The molecule has 0 aromatic carbocycles. The highest BCUT2D eigenvalue weighted by atomic mass is 16.3. The van der Waals surface area contributed by atoms with Crippen LogP contribution in [0.2, 0.25) is 0 Å². The minimum atomic E-state index is -0.411. The summed E-state index contributed by atoms with van der Waals surface area (Å²) in [6.45, 7) is 1.08. The Kier molecular flexibility index (Phi) is 5.25. The van der Waals surface area contributed by atoms with Crippen molar-refractivity contribution in [3.8, 4) is 6.07 Å². The molecule has 5 atom stereocenters. The molecule has 2 N–H and O–H groups in total. The SMILES string of the molecule is N#C[C@@H]1CCCN1C(=O)CNC1C[C@@H]2C[C@](O)(C3CCCCC3)C[C@@H]2C1. The summed E-state index contributed by atoms with van der Waals surface area (Å²) >= 11 is 0. The molecule has 1 heterocycles. The number of aliphatic hydroxyl groups is 1. The van der Waals surface area contributed by atoms with Gasteiger partial charge in [0.1, 0.15) is 6.04 Å². The summed E-state index contributed by atoms with van der Waals surface area (Å²) in [6, 6.07) is 2.42. The highest BCUT2D eigenvalue weighted by molar-refractivity contribution is 5.79. The summed E-state index contributed by atoms with van der Waals surface area (Å²) in [5.41, 5.74) is -0.411. The lowest BCUT2D eigenvalue weighted by Crippen LogP contribution is -2.43. The van der Waals surface area contributed by atoms with Gasteiger partial charge in [0.2, 0.25) is 5.91 Å². The Morgan fingerprint density at radius 2 is 1.81 bits per heavy atom. The molecule has 4 rings (SSSR count). The maximum Gasteiger partial charge on any atom is 0.237 e. The first kappa shape index (κ1) is 18.3. The maximum absolute atomic E-state index is 12.4. The van der Waals surface area contributed by atoms with Gasteiger partial charge >= 0.3 is 0 Å². The molecule has 4 aliphatic rings. The van der Waals surface area contributed by atoms with Crippen LogP contribution in [0.5, 0.6) is 0 Å². The molecule has 1 aliphatic heterocycles. The van der Waals surface area contributed by atoms with Gasteiger partial charge in [-0.3, -0.25) is 4.79 Å². The number of rotatable bonds is 4. The van der Waals surface area contributed by atoms with E-state index in [1.54, 1.807) is 4.90 Å². The molecule has 0 aromatic rings.